The van der Waals surface area contributed by atoms with E-state index in [0.29, 0.717) is 6.04 Å². The van der Waals surface area contributed by atoms with Crippen LogP contribution < -0.4 is 5.32 Å². The Hall–Kier alpha value is -1.25. The van der Waals surface area contributed by atoms with E-state index in [2.05, 4.69) is 54.3 Å². The average molecular weight is 303 g/mol. The number of aryl methyl sites for hydroxylation is 1. The van der Waals surface area contributed by atoms with Crippen LogP contribution in [0.25, 0.3) is 0 Å². The summed E-state index contributed by atoms with van der Waals surface area (Å²) < 4.78 is 2.23. The Morgan fingerprint density at radius 1 is 1.33 bits per heavy atom. The number of benzene rings is 1. The summed E-state index contributed by atoms with van der Waals surface area (Å²) in [7, 11) is 0. The second-order valence-corrected chi connectivity index (χ2v) is 6.49. The Bertz CT molecular complexity index is 613. The van der Waals surface area contributed by atoms with Crippen molar-refractivity contribution in [3.05, 3.63) is 58.4 Å². The molecule has 21 heavy (non-hydrogen) atoms. The molecule has 1 fully saturated rings. The summed E-state index contributed by atoms with van der Waals surface area (Å²) in [5.41, 5.74) is 3.79. The molecule has 1 aromatic heterocycles. The summed E-state index contributed by atoms with van der Waals surface area (Å²) in [6.07, 6.45) is 7.14. The molecule has 0 spiro atoms. The van der Waals surface area contributed by atoms with Crippen molar-refractivity contribution >= 4 is 11.6 Å². The molecule has 112 valence electrons. The number of nitrogens with one attached hydrogen (secondary N) is 1. The summed E-state index contributed by atoms with van der Waals surface area (Å²) in [4.78, 5) is 0. The Morgan fingerprint density at radius 2 is 2.14 bits per heavy atom. The van der Waals surface area contributed by atoms with Crippen LogP contribution in [0.1, 0.15) is 42.5 Å². The Morgan fingerprint density at radius 3 is 2.81 bits per heavy atom. The van der Waals surface area contributed by atoms with E-state index in [4.69, 9.17) is 11.6 Å². The van der Waals surface area contributed by atoms with Crippen LogP contribution >= 0.6 is 11.6 Å². The van der Waals surface area contributed by atoms with Gasteiger partial charge in [-0.2, -0.15) is 0 Å². The molecule has 2 nitrogen and oxygen atoms in total. The van der Waals surface area contributed by atoms with Crippen molar-refractivity contribution in [2.75, 3.05) is 6.54 Å². The first kappa shape index (κ1) is 14.7. The molecular formula is C18H23ClN2. The standard InChI is InChI=1S/C18H23ClN2/c1-3-20-18(14-6-7-14)16-8-9-21(12-16)11-15-5-4-13(2)10-17(15)19/h4-5,8-10,12,14,18,20H,3,6-7,11H2,1-2H3. The van der Waals surface area contributed by atoms with E-state index in [1.807, 2.05) is 6.07 Å². The Kier molecular flexibility index (Phi) is 4.37. The Balaban J connectivity index is 1.75. The van der Waals surface area contributed by atoms with Gasteiger partial charge in [0.25, 0.3) is 0 Å². The second kappa shape index (κ2) is 6.25. The van der Waals surface area contributed by atoms with Gasteiger partial charge >= 0.3 is 0 Å². The molecule has 1 atom stereocenters. The molecule has 1 aliphatic carbocycles. The zero-order valence-corrected chi connectivity index (χ0v) is 13.5. The molecule has 0 radical (unpaired) electrons. The van der Waals surface area contributed by atoms with Crippen LogP contribution in [0.4, 0.5) is 0 Å². The first-order chi connectivity index (χ1) is 10.2. The van der Waals surface area contributed by atoms with Crippen LogP contribution in [0.5, 0.6) is 0 Å². The third-order valence-electron chi connectivity index (χ3n) is 4.21. The minimum absolute atomic E-state index is 0.518. The maximum Gasteiger partial charge on any atom is 0.0485 e. The van der Waals surface area contributed by atoms with Crippen molar-refractivity contribution in [1.29, 1.82) is 0 Å². The van der Waals surface area contributed by atoms with Gasteiger partial charge in [0.1, 0.15) is 0 Å². The van der Waals surface area contributed by atoms with Crippen LogP contribution in [0, 0.1) is 12.8 Å². The summed E-state index contributed by atoms with van der Waals surface area (Å²) in [6, 6.07) is 9.04. The number of hydrogen-bond donors (Lipinski definition) is 1. The fraction of sp³-hybridized carbons (Fsp3) is 0.444. The van der Waals surface area contributed by atoms with E-state index in [0.717, 1.165) is 24.0 Å². The van der Waals surface area contributed by atoms with Gasteiger partial charge in [0.15, 0.2) is 0 Å². The van der Waals surface area contributed by atoms with Gasteiger partial charge in [0.2, 0.25) is 0 Å². The highest BCUT2D eigenvalue weighted by molar-refractivity contribution is 6.31. The molecule has 1 aromatic carbocycles. The number of aromatic nitrogens is 1. The molecule has 1 N–H and O–H groups in total. The van der Waals surface area contributed by atoms with Crippen molar-refractivity contribution in [3.8, 4) is 0 Å². The first-order valence-corrected chi connectivity index (χ1v) is 8.19. The second-order valence-electron chi connectivity index (χ2n) is 6.08. The summed E-state index contributed by atoms with van der Waals surface area (Å²) >= 11 is 6.33. The average Bonchev–Trinajstić information content (AvgIpc) is 3.19. The van der Waals surface area contributed by atoms with Gasteiger partial charge in [0.05, 0.1) is 0 Å². The number of halogens is 1. The zero-order valence-electron chi connectivity index (χ0n) is 12.8. The maximum absolute atomic E-state index is 6.33. The van der Waals surface area contributed by atoms with Crippen LogP contribution in [0.2, 0.25) is 5.02 Å². The maximum atomic E-state index is 6.33. The van der Waals surface area contributed by atoms with Crippen LogP contribution in [-0.2, 0) is 6.54 Å². The van der Waals surface area contributed by atoms with Gasteiger partial charge < -0.3 is 9.88 Å². The molecular weight excluding hydrogens is 280 g/mol. The fourth-order valence-electron chi connectivity index (χ4n) is 2.93. The molecule has 2 aromatic rings. The lowest BCUT2D eigenvalue weighted by Gasteiger charge is -2.15. The van der Waals surface area contributed by atoms with E-state index in [9.17, 15) is 0 Å². The minimum Gasteiger partial charge on any atom is -0.350 e. The lowest BCUT2D eigenvalue weighted by atomic mass is 10.1. The van der Waals surface area contributed by atoms with E-state index in [1.54, 1.807) is 0 Å². The van der Waals surface area contributed by atoms with Gasteiger partial charge in [-0.15, -0.1) is 0 Å². The lowest BCUT2D eigenvalue weighted by Crippen LogP contribution is -2.22. The molecule has 0 aliphatic heterocycles. The van der Waals surface area contributed by atoms with Gasteiger partial charge in [-0.3, -0.25) is 0 Å². The van der Waals surface area contributed by atoms with E-state index >= 15 is 0 Å². The van der Waals surface area contributed by atoms with Crippen LogP contribution in [0.15, 0.2) is 36.7 Å². The van der Waals surface area contributed by atoms with Gasteiger partial charge in [-0.1, -0.05) is 30.7 Å². The largest absolute Gasteiger partial charge is 0.350 e. The molecule has 1 heterocycles. The van der Waals surface area contributed by atoms with E-state index in [1.165, 1.54) is 29.5 Å². The summed E-state index contributed by atoms with van der Waals surface area (Å²) in [5, 5.41) is 4.47. The highest BCUT2D eigenvalue weighted by atomic mass is 35.5. The summed E-state index contributed by atoms with van der Waals surface area (Å²) in [5.74, 6) is 0.823. The lowest BCUT2D eigenvalue weighted by molar-refractivity contribution is 0.495. The molecule has 1 aliphatic rings. The van der Waals surface area contributed by atoms with Crippen molar-refractivity contribution in [2.24, 2.45) is 5.92 Å². The summed E-state index contributed by atoms with van der Waals surface area (Å²) in [6.45, 7) is 6.11. The van der Waals surface area contributed by atoms with Gasteiger partial charge in [-0.25, -0.2) is 0 Å². The predicted octanol–water partition coefficient (Wildman–Crippen LogP) is 4.56. The number of hydrogen-bond acceptors (Lipinski definition) is 1. The van der Waals surface area contributed by atoms with E-state index in [-0.39, 0.29) is 0 Å². The number of rotatable bonds is 6. The van der Waals surface area contributed by atoms with Crippen molar-refractivity contribution < 1.29 is 0 Å². The number of nitrogens with zero attached hydrogens (tertiary/aromatic N) is 1. The highest BCUT2D eigenvalue weighted by Gasteiger charge is 2.31. The fourth-order valence-corrected chi connectivity index (χ4v) is 3.22. The molecule has 1 unspecified atom stereocenters. The molecule has 3 heteroatoms. The molecule has 0 saturated heterocycles. The monoisotopic (exact) mass is 302 g/mol. The van der Waals surface area contributed by atoms with Crippen molar-refractivity contribution in [2.45, 2.75) is 39.3 Å². The third kappa shape index (κ3) is 3.50. The van der Waals surface area contributed by atoms with Crippen molar-refractivity contribution in [1.82, 2.24) is 9.88 Å². The van der Waals surface area contributed by atoms with E-state index < -0.39 is 0 Å². The highest BCUT2D eigenvalue weighted by Crippen LogP contribution is 2.41. The molecule has 1 saturated carbocycles. The topological polar surface area (TPSA) is 17.0 Å². The molecule has 0 amide bonds. The minimum atomic E-state index is 0.518. The molecule has 3 rings (SSSR count). The van der Waals surface area contributed by atoms with Crippen LogP contribution in [-0.4, -0.2) is 11.1 Å². The van der Waals surface area contributed by atoms with Crippen molar-refractivity contribution in [3.63, 3.8) is 0 Å². The normalized spacial score (nSPS) is 16.1. The third-order valence-corrected chi connectivity index (χ3v) is 4.56. The van der Waals surface area contributed by atoms with Gasteiger partial charge in [-0.05, 0) is 61.1 Å². The zero-order chi connectivity index (χ0) is 14.8. The molecule has 0 bridgehead atoms. The predicted molar refractivity (Wildman–Crippen MR) is 88.9 cm³/mol. The SMILES string of the molecule is CCNC(c1ccn(Cc2ccc(C)cc2Cl)c1)C1CC1. The first-order valence-electron chi connectivity index (χ1n) is 7.81. The van der Waals surface area contributed by atoms with Gasteiger partial charge in [0, 0.05) is 30.0 Å². The van der Waals surface area contributed by atoms with Crippen LogP contribution in [0.3, 0.4) is 0 Å². The smallest absolute Gasteiger partial charge is 0.0485 e. The Labute approximate surface area is 132 Å². The quantitative estimate of drug-likeness (QED) is 0.828.